The predicted molar refractivity (Wildman–Crippen MR) is 74.4 cm³/mol. The molecule has 0 saturated carbocycles. The fourth-order valence-corrected chi connectivity index (χ4v) is 2.25. The highest BCUT2D eigenvalue weighted by Crippen LogP contribution is 2.23. The number of ether oxygens (including phenoxy) is 1. The molecular weight excluding hydrogens is 256 g/mol. The van der Waals surface area contributed by atoms with Crippen LogP contribution in [0.2, 0.25) is 0 Å². The maximum atomic E-state index is 11.7. The third-order valence-corrected chi connectivity index (χ3v) is 3.18. The number of carbonyl (C=O) groups is 1. The molecule has 2 heterocycles. The van der Waals surface area contributed by atoms with Crippen molar-refractivity contribution in [3.05, 3.63) is 42.1 Å². The molecule has 0 amide bonds. The van der Waals surface area contributed by atoms with Crippen LogP contribution in [0.15, 0.2) is 41.7 Å². The number of rotatable bonds is 3. The van der Waals surface area contributed by atoms with E-state index in [-0.39, 0.29) is 5.97 Å². The van der Waals surface area contributed by atoms with Gasteiger partial charge in [-0.05, 0) is 19.1 Å². The van der Waals surface area contributed by atoms with Gasteiger partial charge < -0.3 is 9.57 Å². The highest BCUT2D eigenvalue weighted by atomic mass is 16.7. The van der Waals surface area contributed by atoms with Crippen molar-refractivity contribution in [3.63, 3.8) is 0 Å². The van der Waals surface area contributed by atoms with E-state index >= 15 is 0 Å². The number of oxime groups is 1. The number of hydrogen-bond donors (Lipinski definition) is 0. The molecule has 0 radical (unpaired) electrons. The second-order valence-corrected chi connectivity index (χ2v) is 4.46. The molecular formula is C15H14N2O3. The van der Waals surface area contributed by atoms with Gasteiger partial charge in [0.25, 0.3) is 0 Å². The first-order valence-electron chi connectivity index (χ1n) is 6.53. The summed E-state index contributed by atoms with van der Waals surface area (Å²) in [7, 11) is 0. The summed E-state index contributed by atoms with van der Waals surface area (Å²) >= 11 is 0. The normalized spacial score (nSPS) is 17.6. The van der Waals surface area contributed by atoms with Gasteiger partial charge in [0.1, 0.15) is 0 Å². The minimum absolute atomic E-state index is 0.339. The Labute approximate surface area is 116 Å². The van der Waals surface area contributed by atoms with E-state index in [1.165, 1.54) is 0 Å². The van der Waals surface area contributed by atoms with Gasteiger partial charge in [0.2, 0.25) is 6.10 Å². The maximum Gasteiger partial charge on any atom is 0.350 e. The predicted octanol–water partition coefficient (Wildman–Crippen LogP) is 2.29. The van der Waals surface area contributed by atoms with E-state index in [4.69, 9.17) is 9.57 Å². The SMILES string of the molecule is CCOC(=O)C1CC(c2ccnc3ccccc23)=NO1. The molecule has 0 aliphatic carbocycles. The summed E-state index contributed by atoms with van der Waals surface area (Å²) in [5.74, 6) is -0.371. The Balaban J connectivity index is 1.88. The molecule has 1 aromatic carbocycles. The Morgan fingerprint density at radius 2 is 2.25 bits per heavy atom. The van der Waals surface area contributed by atoms with E-state index in [1.54, 1.807) is 13.1 Å². The molecule has 1 atom stereocenters. The van der Waals surface area contributed by atoms with Crippen molar-refractivity contribution in [1.29, 1.82) is 0 Å². The Morgan fingerprint density at radius 1 is 1.40 bits per heavy atom. The first-order chi connectivity index (χ1) is 9.79. The van der Waals surface area contributed by atoms with Crippen molar-refractivity contribution < 1.29 is 14.4 Å². The van der Waals surface area contributed by atoms with Crippen LogP contribution in [0.1, 0.15) is 18.9 Å². The average Bonchev–Trinajstić information content (AvgIpc) is 2.97. The molecule has 1 aromatic heterocycles. The zero-order chi connectivity index (χ0) is 13.9. The first-order valence-corrected chi connectivity index (χ1v) is 6.53. The number of aromatic nitrogens is 1. The number of para-hydroxylation sites is 1. The van der Waals surface area contributed by atoms with Crippen LogP contribution in [-0.2, 0) is 14.4 Å². The van der Waals surface area contributed by atoms with Gasteiger partial charge in [0.15, 0.2) is 0 Å². The van der Waals surface area contributed by atoms with E-state index in [9.17, 15) is 4.79 Å². The highest BCUT2D eigenvalue weighted by Gasteiger charge is 2.30. The summed E-state index contributed by atoms with van der Waals surface area (Å²) in [6.45, 7) is 2.11. The topological polar surface area (TPSA) is 60.8 Å². The van der Waals surface area contributed by atoms with Crippen LogP contribution in [-0.4, -0.2) is 29.4 Å². The Kier molecular flexibility index (Phi) is 3.33. The summed E-state index contributed by atoms with van der Waals surface area (Å²) in [5, 5.41) is 5.03. The Morgan fingerprint density at radius 3 is 3.10 bits per heavy atom. The molecule has 0 bridgehead atoms. The Bertz CT molecular complexity index is 676. The molecule has 1 aliphatic heterocycles. The lowest BCUT2D eigenvalue weighted by molar-refractivity contribution is -0.154. The van der Waals surface area contributed by atoms with Crippen molar-refractivity contribution in [2.75, 3.05) is 6.61 Å². The van der Waals surface area contributed by atoms with Crippen molar-refractivity contribution in [2.45, 2.75) is 19.4 Å². The van der Waals surface area contributed by atoms with E-state index in [0.717, 1.165) is 22.2 Å². The highest BCUT2D eigenvalue weighted by molar-refractivity contribution is 6.11. The van der Waals surface area contributed by atoms with Crippen molar-refractivity contribution in [2.24, 2.45) is 5.16 Å². The zero-order valence-electron chi connectivity index (χ0n) is 11.1. The number of carbonyl (C=O) groups excluding carboxylic acids is 1. The van der Waals surface area contributed by atoms with Crippen molar-refractivity contribution in [1.82, 2.24) is 4.98 Å². The third-order valence-electron chi connectivity index (χ3n) is 3.18. The molecule has 3 rings (SSSR count). The molecule has 0 N–H and O–H groups in total. The number of pyridine rings is 1. The number of esters is 1. The number of nitrogens with zero attached hydrogens (tertiary/aromatic N) is 2. The quantitative estimate of drug-likeness (QED) is 0.803. The van der Waals surface area contributed by atoms with Crippen LogP contribution in [0.3, 0.4) is 0 Å². The molecule has 1 aliphatic rings. The van der Waals surface area contributed by atoms with Crippen LogP contribution in [0.25, 0.3) is 10.9 Å². The number of hydrogen-bond acceptors (Lipinski definition) is 5. The molecule has 102 valence electrons. The molecule has 2 aromatic rings. The molecule has 20 heavy (non-hydrogen) atoms. The molecule has 0 spiro atoms. The summed E-state index contributed by atoms with van der Waals surface area (Å²) in [6.07, 6.45) is 1.52. The maximum absolute atomic E-state index is 11.7. The standard InChI is InChI=1S/C15H14N2O3/c1-2-19-15(18)14-9-13(17-20-14)11-7-8-16-12-6-4-3-5-10(11)12/h3-8,14H,2,9H2,1H3. The molecule has 0 saturated heterocycles. The lowest BCUT2D eigenvalue weighted by Crippen LogP contribution is -2.23. The van der Waals surface area contributed by atoms with Crippen LogP contribution in [0, 0.1) is 0 Å². The van der Waals surface area contributed by atoms with Gasteiger partial charge in [0, 0.05) is 23.6 Å². The largest absolute Gasteiger partial charge is 0.463 e. The lowest BCUT2D eigenvalue weighted by atomic mass is 10.0. The third kappa shape index (κ3) is 2.22. The monoisotopic (exact) mass is 270 g/mol. The summed E-state index contributed by atoms with van der Waals surface area (Å²) in [5.41, 5.74) is 2.59. The number of benzene rings is 1. The van der Waals surface area contributed by atoms with Crippen LogP contribution < -0.4 is 0 Å². The minimum Gasteiger partial charge on any atom is -0.463 e. The second-order valence-electron chi connectivity index (χ2n) is 4.46. The van der Waals surface area contributed by atoms with Crippen molar-refractivity contribution in [3.8, 4) is 0 Å². The van der Waals surface area contributed by atoms with Crippen LogP contribution in [0.4, 0.5) is 0 Å². The average molecular weight is 270 g/mol. The van der Waals surface area contributed by atoms with Gasteiger partial charge >= 0.3 is 5.97 Å². The van der Waals surface area contributed by atoms with Crippen LogP contribution >= 0.6 is 0 Å². The first kappa shape index (κ1) is 12.6. The summed E-state index contributed by atoms with van der Waals surface area (Å²) in [4.78, 5) is 21.1. The van der Waals surface area contributed by atoms with E-state index < -0.39 is 6.10 Å². The minimum atomic E-state index is -0.642. The van der Waals surface area contributed by atoms with E-state index in [1.807, 2.05) is 30.3 Å². The van der Waals surface area contributed by atoms with Gasteiger partial charge in [-0.15, -0.1) is 0 Å². The Hall–Kier alpha value is -2.43. The fraction of sp³-hybridized carbons (Fsp3) is 0.267. The van der Waals surface area contributed by atoms with Gasteiger partial charge in [0.05, 0.1) is 17.8 Å². The summed E-state index contributed by atoms with van der Waals surface area (Å²) in [6, 6.07) is 9.70. The fourth-order valence-electron chi connectivity index (χ4n) is 2.25. The second kappa shape index (κ2) is 5.28. The van der Waals surface area contributed by atoms with Crippen LogP contribution in [0.5, 0.6) is 0 Å². The van der Waals surface area contributed by atoms with Gasteiger partial charge in [-0.1, -0.05) is 23.4 Å². The van der Waals surface area contributed by atoms with Crippen molar-refractivity contribution >= 4 is 22.6 Å². The lowest BCUT2D eigenvalue weighted by Gasteiger charge is -2.07. The van der Waals surface area contributed by atoms with Gasteiger partial charge in [-0.2, -0.15) is 0 Å². The van der Waals surface area contributed by atoms with E-state index in [0.29, 0.717) is 13.0 Å². The van der Waals surface area contributed by atoms with E-state index in [2.05, 4.69) is 10.1 Å². The number of fused-ring (bicyclic) bond motifs is 1. The molecule has 0 fully saturated rings. The zero-order valence-corrected chi connectivity index (χ0v) is 11.1. The van der Waals surface area contributed by atoms with Gasteiger partial charge in [-0.3, -0.25) is 4.98 Å². The summed E-state index contributed by atoms with van der Waals surface area (Å²) < 4.78 is 4.95. The molecule has 1 unspecified atom stereocenters. The van der Waals surface area contributed by atoms with Gasteiger partial charge in [-0.25, -0.2) is 4.79 Å². The molecule has 5 nitrogen and oxygen atoms in total. The molecule has 5 heteroatoms. The smallest absolute Gasteiger partial charge is 0.350 e.